The number of hydrogen-bond acceptors (Lipinski definition) is 3. The van der Waals surface area contributed by atoms with Crippen LogP contribution in [-0.4, -0.2) is 29.4 Å². The molecule has 2 aromatic rings. The minimum absolute atomic E-state index is 0.0180. The highest BCUT2D eigenvalue weighted by molar-refractivity contribution is 5.94. The molecule has 0 radical (unpaired) electrons. The summed E-state index contributed by atoms with van der Waals surface area (Å²) in [7, 11) is 1.86. The van der Waals surface area contributed by atoms with Gasteiger partial charge in [0.15, 0.2) is 0 Å². The number of pyridine rings is 1. The Bertz CT molecular complexity index is 709. The van der Waals surface area contributed by atoms with Crippen molar-refractivity contribution in [3.63, 3.8) is 0 Å². The number of likely N-dealkylation sites (N-methyl/N-ethyl adjacent to an activating group) is 1. The van der Waals surface area contributed by atoms with Crippen LogP contribution < -0.4 is 5.73 Å². The van der Waals surface area contributed by atoms with E-state index in [1.807, 2.05) is 13.1 Å². The maximum Gasteiger partial charge on any atom is 0.255 e. The molecule has 0 saturated heterocycles. The normalized spacial score (nSPS) is 21.7. The summed E-state index contributed by atoms with van der Waals surface area (Å²) in [6.07, 6.45) is 2.63. The van der Waals surface area contributed by atoms with Crippen LogP contribution in [0.15, 0.2) is 48.7 Å². The number of benzene rings is 1. The van der Waals surface area contributed by atoms with Crippen molar-refractivity contribution in [2.24, 2.45) is 5.41 Å². The maximum absolute atomic E-state index is 12.6. The third kappa shape index (κ3) is 2.69. The van der Waals surface area contributed by atoms with E-state index in [4.69, 9.17) is 5.73 Å². The third-order valence-corrected chi connectivity index (χ3v) is 5.13. The number of carbonyl (C=O) groups is 1. The third-order valence-electron chi connectivity index (χ3n) is 5.13. The molecule has 0 bridgehead atoms. The molecule has 4 nitrogen and oxygen atoms in total. The average molecular weight is 309 g/mol. The quantitative estimate of drug-likeness (QED) is 0.944. The molecule has 2 N–H and O–H groups in total. The molecular formula is C19H23N3O. The second-order valence-corrected chi connectivity index (χ2v) is 7.14. The Morgan fingerprint density at radius 1 is 1.22 bits per heavy atom. The zero-order valence-corrected chi connectivity index (χ0v) is 13.9. The van der Waals surface area contributed by atoms with Gasteiger partial charge in [0.1, 0.15) is 5.82 Å². The van der Waals surface area contributed by atoms with Crippen molar-refractivity contribution in [1.82, 2.24) is 9.88 Å². The maximum atomic E-state index is 12.6. The first kappa shape index (κ1) is 15.5. The Hall–Kier alpha value is -2.36. The van der Waals surface area contributed by atoms with E-state index in [1.165, 1.54) is 5.56 Å². The Morgan fingerprint density at radius 2 is 1.87 bits per heavy atom. The number of carbonyl (C=O) groups excluding carboxylic acids is 1. The van der Waals surface area contributed by atoms with Gasteiger partial charge in [0.25, 0.3) is 5.91 Å². The van der Waals surface area contributed by atoms with Gasteiger partial charge < -0.3 is 10.6 Å². The summed E-state index contributed by atoms with van der Waals surface area (Å²) in [4.78, 5) is 18.5. The number of rotatable bonds is 4. The van der Waals surface area contributed by atoms with Gasteiger partial charge in [-0.3, -0.25) is 4.79 Å². The summed E-state index contributed by atoms with van der Waals surface area (Å²) in [6, 6.07) is 13.9. The van der Waals surface area contributed by atoms with Crippen molar-refractivity contribution >= 4 is 11.7 Å². The molecular weight excluding hydrogens is 286 g/mol. The summed E-state index contributed by atoms with van der Waals surface area (Å²) in [5.74, 6) is 0.406. The minimum Gasteiger partial charge on any atom is -0.384 e. The fraction of sp³-hybridized carbons (Fsp3) is 0.368. The monoisotopic (exact) mass is 309 g/mol. The highest BCUT2D eigenvalue weighted by atomic mass is 16.2. The van der Waals surface area contributed by atoms with Crippen LogP contribution in [0.1, 0.15) is 36.2 Å². The molecule has 4 heteroatoms. The van der Waals surface area contributed by atoms with Crippen molar-refractivity contribution in [2.75, 3.05) is 19.3 Å². The largest absolute Gasteiger partial charge is 0.384 e. The van der Waals surface area contributed by atoms with Crippen LogP contribution in [0.2, 0.25) is 0 Å². The number of amides is 1. The summed E-state index contributed by atoms with van der Waals surface area (Å²) in [5.41, 5.74) is 7.69. The van der Waals surface area contributed by atoms with Gasteiger partial charge in [-0.1, -0.05) is 44.2 Å². The second-order valence-electron chi connectivity index (χ2n) is 7.14. The van der Waals surface area contributed by atoms with Crippen molar-refractivity contribution < 1.29 is 4.79 Å². The van der Waals surface area contributed by atoms with Gasteiger partial charge in [-0.05, 0) is 29.5 Å². The molecule has 0 aliphatic heterocycles. The van der Waals surface area contributed by atoms with Crippen LogP contribution in [0.4, 0.5) is 5.82 Å². The van der Waals surface area contributed by atoms with E-state index in [2.05, 4.69) is 43.1 Å². The number of nitrogens with zero attached hydrogens (tertiary/aromatic N) is 2. The lowest BCUT2D eigenvalue weighted by Crippen LogP contribution is -2.36. The van der Waals surface area contributed by atoms with Crippen molar-refractivity contribution in [3.8, 4) is 0 Å². The van der Waals surface area contributed by atoms with Crippen LogP contribution in [0, 0.1) is 5.41 Å². The molecule has 1 aromatic heterocycles. The minimum atomic E-state index is -0.0180. The first-order valence-electron chi connectivity index (χ1n) is 7.88. The topological polar surface area (TPSA) is 59.2 Å². The number of anilines is 1. The van der Waals surface area contributed by atoms with E-state index in [9.17, 15) is 4.79 Å². The zero-order valence-electron chi connectivity index (χ0n) is 13.9. The number of hydrogen-bond donors (Lipinski definition) is 1. The molecule has 1 aromatic carbocycles. The standard InChI is InChI=1S/C19H23N3O/c1-18(2)12-19(18,15-7-5-4-6-8-15)13-22(3)17(23)14-9-10-16(20)21-11-14/h4-11H,12-13H2,1-3H3,(H2,20,21). The lowest BCUT2D eigenvalue weighted by Gasteiger charge is -2.27. The van der Waals surface area contributed by atoms with Crippen molar-refractivity contribution in [3.05, 3.63) is 59.8 Å². The molecule has 1 amide bonds. The average Bonchev–Trinajstić information content (AvgIpc) is 3.10. The molecule has 1 aliphatic carbocycles. The van der Waals surface area contributed by atoms with Crippen LogP contribution >= 0.6 is 0 Å². The lowest BCUT2D eigenvalue weighted by atomic mass is 9.87. The van der Waals surface area contributed by atoms with Gasteiger partial charge in [-0.2, -0.15) is 0 Å². The highest BCUT2D eigenvalue weighted by Gasteiger charge is 2.62. The van der Waals surface area contributed by atoms with E-state index in [-0.39, 0.29) is 16.7 Å². The van der Waals surface area contributed by atoms with Crippen LogP contribution in [0.25, 0.3) is 0 Å². The fourth-order valence-electron chi connectivity index (χ4n) is 3.55. The van der Waals surface area contributed by atoms with Gasteiger partial charge >= 0.3 is 0 Å². The van der Waals surface area contributed by atoms with Crippen LogP contribution in [-0.2, 0) is 5.41 Å². The molecule has 0 spiro atoms. The molecule has 1 atom stereocenters. The van der Waals surface area contributed by atoms with Gasteiger partial charge in [-0.15, -0.1) is 0 Å². The van der Waals surface area contributed by atoms with Gasteiger partial charge in [-0.25, -0.2) is 4.98 Å². The predicted octanol–water partition coefficient (Wildman–Crippen LogP) is 3.10. The molecule has 1 unspecified atom stereocenters. The Morgan fingerprint density at radius 3 is 2.39 bits per heavy atom. The first-order valence-corrected chi connectivity index (χ1v) is 7.88. The molecule has 3 rings (SSSR count). The van der Waals surface area contributed by atoms with Crippen LogP contribution in [0.5, 0.6) is 0 Å². The van der Waals surface area contributed by atoms with E-state index >= 15 is 0 Å². The molecule has 1 saturated carbocycles. The van der Waals surface area contributed by atoms with Gasteiger partial charge in [0.2, 0.25) is 0 Å². The molecule has 1 aliphatic rings. The first-order chi connectivity index (χ1) is 10.9. The Balaban J connectivity index is 1.82. The number of nitrogen functional groups attached to an aromatic ring is 1. The summed E-state index contributed by atoms with van der Waals surface area (Å²) in [5, 5.41) is 0. The molecule has 1 fully saturated rings. The van der Waals surface area contributed by atoms with Crippen LogP contribution in [0.3, 0.4) is 0 Å². The SMILES string of the molecule is CN(CC1(c2ccccc2)CC1(C)C)C(=O)c1ccc(N)nc1. The molecule has 23 heavy (non-hydrogen) atoms. The van der Waals surface area contributed by atoms with E-state index < -0.39 is 0 Å². The molecule has 120 valence electrons. The predicted molar refractivity (Wildman–Crippen MR) is 92.1 cm³/mol. The Labute approximate surface area is 137 Å². The zero-order chi connectivity index (χ0) is 16.7. The lowest BCUT2D eigenvalue weighted by molar-refractivity contribution is 0.0774. The van der Waals surface area contributed by atoms with Crippen molar-refractivity contribution in [1.29, 1.82) is 0 Å². The highest BCUT2D eigenvalue weighted by Crippen LogP contribution is 2.64. The van der Waals surface area contributed by atoms with E-state index in [1.54, 1.807) is 23.2 Å². The summed E-state index contributed by atoms with van der Waals surface area (Å²) < 4.78 is 0. The van der Waals surface area contributed by atoms with E-state index in [0.29, 0.717) is 17.9 Å². The van der Waals surface area contributed by atoms with Gasteiger partial charge in [0.05, 0.1) is 5.56 Å². The summed E-state index contributed by atoms with van der Waals surface area (Å²) >= 11 is 0. The van der Waals surface area contributed by atoms with Crippen molar-refractivity contribution in [2.45, 2.75) is 25.7 Å². The Kier molecular flexibility index (Phi) is 3.63. The summed E-state index contributed by atoms with van der Waals surface area (Å²) in [6.45, 7) is 5.24. The van der Waals surface area contributed by atoms with Gasteiger partial charge in [0, 0.05) is 25.2 Å². The second kappa shape index (κ2) is 5.37. The number of aromatic nitrogens is 1. The van der Waals surface area contributed by atoms with E-state index in [0.717, 1.165) is 6.42 Å². The number of nitrogens with two attached hydrogens (primary N) is 1. The fourth-order valence-corrected chi connectivity index (χ4v) is 3.55. The molecule has 1 heterocycles. The smallest absolute Gasteiger partial charge is 0.255 e.